The molecule has 3 rings (SSSR count). The molecule has 1 unspecified atom stereocenters. The van der Waals surface area contributed by atoms with Crippen molar-refractivity contribution in [2.75, 3.05) is 11.1 Å². The summed E-state index contributed by atoms with van der Waals surface area (Å²) in [5.74, 6) is -0.687. The minimum absolute atomic E-state index is 0.154. The van der Waals surface area contributed by atoms with E-state index in [2.05, 4.69) is 5.32 Å². The molecule has 6 nitrogen and oxygen atoms in total. The fourth-order valence-corrected chi connectivity index (χ4v) is 4.20. The van der Waals surface area contributed by atoms with Crippen LogP contribution in [0.1, 0.15) is 46.9 Å². The Hall–Kier alpha value is -2.93. The Balaban J connectivity index is 2.19. The zero-order valence-corrected chi connectivity index (χ0v) is 17.6. The van der Waals surface area contributed by atoms with Gasteiger partial charge in [0.25, 0.3) is 0 Å². The van der Waals surface area contributed by atoms with Crippen molar-refractivity contribution in [3.8, 4) is 0 Å². The number of carboxylic acid groups (broad SMARTS) is 1. The predicted molar refractivity (Wildman–Crippen MR) is 114 cm³/mol. The van der Waals surface area contributed by atoms with E-state index >= 15 is 0 Å². The molecule has 0 bridgehead atoms. The van der Waals surface area contributed by atoms with E-state index in [1.807, 2.05) is 19.9 Å². The summed E-state index contributed by atoms with van der Waals surface area (Å²) in [5, 5.41) is 13.2. The van der Waals surface area contributed by atoms with Gasteiger partial charge in [-0.15, -0.1) is 0 Å². The molecule has 0 saturated heterocycles. The number of anilines is 1. The number of aromatic carboxylic acids is 1. The number of para-hydroxylation sites is 1. The Bertz CT molecular complexity index is 1180. The SMILES string of the molecule is CCS(=O)c1oc2c([C@@H](C)Nc3ccccc3C(=O)O)cc(C)cc2c(=O)c1C. The monoisotopic (exact) mass is 413 g/mol. The van der Waals surface area contributed by atoms with E-state index in [0.29, 0.717) is 33.5 Å². The van der Waals surface area contributed by atoms with Crippen LogP contribution in [0.4, 0.5) is 5.69 Å². The lowest BCUT2D eigenvalue weighted by molar-refractivity contribution is 0.0698. The van der Waals surface area contributed by atoms with Gasteiger partial charge in [0.15, 0.2) is 10.5 Å². The fraction of sp³-hybridized carbons (Fsp3) is 0.273. The summed E-state index contributed by atoms with van der Waals surface area (Å²) in [4.78, 5) is 24.4. The number of hydrogen-bond donors (Lipinski definition) is 2. The number of nitrogens with one attached hydrogen (secondary N) is 1. The van der Waals surface area contributed by atoms with Gasteiger partial charge in [0, 0.05) is 22.6 Å². The summed E-state index contributed by atoms with van der Waals surface area (Å²) in [6, 6.07) is 9.92. The maximum atomic E-state index is 12.9. The van der Waals surface area contributed by atoms with Crippen LogP contribution in [0, 0.1) is 13.8 Å². The Morgan fingerprint density at radius 1 is 1.24 bits per heavy atom. The van der Waals surface area contributed by atoms with Gasteiger partial charge in [-0.25, -0.2) is 4.79 Å². The highest BCUT2D eigenvalue weighted by Crippen LogP contribution is 2.30. The molecule has 0 aliphatic heterocycles. The number of carboxylic acids is 1. The van der Waals surface area contributed by atoms with Gasteiger partial charge in [-0.1, -0.05) is 25.1 Å². The lowest BCUT2D eigenvalue weighted by Crippen LogP contribution is -2.15. The van der Waals surface area contributed by atoms with Crippen molar-refractivity contribution in [3.05, 3.63) is 68.9 Å². The molecule has 1 heterocycles. The van der Waals surface area contributed by atoms with E-state index in [4.69, 9.17) is 4.42 Å². The van der Waals surface area contributed by atoms with E-state index in [9.17, 15) is 18.9 Å². The molecule has 1 aromatic heterocycles. The van der Waals surface area contributed by atoms with Gasteiger partial charge in [-0.05, 0) is 44.5 Å². The second-order valence-electron chi connectivity index (χ2n) is 6.93. The third-order valence-electron chi connectivity index (χ3n) is 4.81. The normalized spacial score (nSPS) is 13.2. The standard InChI is InChI=1S/C22H23NO5S/c1-5-29(27)22-13(3)19(24)17-11-12(2)10-16(20(17)28-22)14(4)23-18-9-7-6-8-15(18)21(25)26/h6-11,14,23H,5H2,1-4H3,(H,25,26)/t14-,29?/m1/s1. The smallest absolute Gasteiger partial charge is 0.337 e. The van der Waals surface area contributed by atoms with E-state index in [1.54, 1.807) is 38.1 Å². The minimum atomic E-state index is -1.41. The number of benzene rings is 2. The number of rotatable bonds is 6. The van der Waals surface area contributed by atoms with Crippen LogP contribution in [0.15, 0.2) is 50.7 Å². The first kappa shape index (κ1) is 20.8. The second-order valence-corrected chi connectivity index (χ2v) is 8.56. The summed E-state index contributed by atoms with van der Waals surface area (Å²) in [7, 11) is -1.41. The molecule has 0 radical (unpaired) electrons. The van der Waals surface area contributed by atoms with Crippen LogP contribution in [0.2, 0.25) is 0 Å². The van der Waals surface area contributed by atoms with Crippen LogP contribution in [0.25, 0.3) is 11.0 Å². The van der Waals surface area contributed by atoms with Crippen molar-refractivity contribution >= 4 is 33.4 Å². The minimum Gasteiger partial charge on any atom is -0.478 e. The zero-order chi connectivity index (χ0) is 21.3. The highest BCUT2D eigenvalue weighted by atomic mass is 32.2. The van der Waals surface area contributed by atoms with Gasteiger partial charge in [-0.3, -0.25) is 9.00 Å². The quantitative estimate of drug-likeness (QED) is 0.621. The van der Waals surface area contributed by atoms with Crippen LogP contribution < -0.4 is 10.7 Å². The summed E-state index contributed by atoms with van der Waals surface area (Å²) in [5.41, 5.74) is 2.72. The van der Waals surface area contributed by atoms with E-state index in [1.165, 1.54) is 6.07 Å². The van der Waals surface area contributed by atoms with Crippen LogP contribution >= 0.6 is 0 Å². The first-order chi connectivity index (χ1) is 13.7. The Morgan fingerprint density at radius 2 is 1.93 bits per heavy atom. The summed E-state index contributed by atoms with van der Waals surface area (Å²) >= 11 is 0. The van der Waals surface area contributed by atoms with Crippen molar-refractivity contribution < 1.29 is 18.5 Å². The highest BCUT2D eigenvalue weighted by Gasteiger charge is 2.21. The van der Waals surface area contributed by atoms with Gasteiger partial charge >= 0.3 is 5.97 Å². The van der Waals surface area contributed by atoms with Crippen LogP contribution in [0.3, 0.4) is 0 Å². The lowest BCUT2D eigenvalue weighted by Gasteiger charge is -2.19. The van der Waals surface area contributed by atoms with Crippen LogP contribution in [0.5, 0.6) is 0 Å². The van der Waals surface area contributed by atoms with Crippen LogP contribution in [-0.4, -0.2) is 21.0 Å². The lowest BCUT2D eigenvalue weighted by atomic mass is 10.00. The van der Waals surface area contributed by atoms with E-state index in [0.717, 1.165) is 5.56 Å². The van der Waals surface area contributed by atoms with Crippen molar-refractivity contribution in [1.29, 1.82) is 0 Å². The van der Waals surface area contributed by atoms with Gasteiger partial charge in [0.05, 0.1) is 27.8 Å². The summed E-state index contributed by atoms with van der Waals surface area (Å²) in [6.07, 6.45) is 0. The first-order valence-corrected chi connectivity index (χ1v) is 10.6. The molecule has 0 fully saturated rings. The van der Waals surface area contributed by atoms with Crippen molar-refractivity contribution in [3.63, 3.8) is 0 Å². The summed E-state index contributed by atoms with van der Waals surface area (Å²) in [6.45, 7) is 7.14. The van der Waals surface area contributed by atoms with Gasteiger partial charge in [-0.2, -0.15) is 0 Å². The third kappa shape index (κ3) is 3.96. The molecule has 29 heavy (non-hydrogen) atoms. The molecule has 0 spiro atoms. The molecule has 0 saturated carbocycles. The molecular weight excluding hydrogens is 390 g/mol. The molecule has 2 N–H and O–H groups in total. The molecule has 0 aliphatic rings. The zero-order valence-electron chi connectivity index (χ0n) is 16.7. The third-order valence-corrected chi connectivity index (χ3v) is 6.14. The van der Waals surface area contributed by atoms with E-state index < -0.39 is 16.8 Å². The van der Waals surface area contributed by atoms with Gasteiger partial charge in [0.2, 0.25) is 0 Å². The maximum absolute atomic E-state index is 12.9. The molecule has 152 valence electrons. The van der Waals surface area contributed by atoms with Crippen molar-refractivity contribution in [2.24, 2.45) is 0 Å². The molecule has 2 atom stereocenters. The number of fused-ring (bicyclic) bond motifs is 1. The van der Waals surface area contributed by atoms with Gasteiger partial charge in [0.1, 0.15) is 5.58 Å². The topological polar surface area (TPSA) is 96.6 Å². The van der Waals surface area contributed by atoms with Gasteiger partial charge < -0.3 is 14.8 Å². The molecule has 3 aromatic rings. The highest BCUT2D eigenvalue weighted by molar-refractivity contribution is 7.84. The molecule has 0 amide bonds. The molecule has 2 aromatic carbocycles. The largest absolute Gasteiger partial charge is 0.478 e. The molecule has 7 heteroatoms. The average molecular weight is 413 g/mol. The van der Waals surface area contributed by atoms with Crippen molar-refractivity contribution in [2.45, 2.75) is 38.8 Å². The van der Waals surface area contributed by atoms with E-state index in [-0.39, 0.29) is 22.1 Å². The summed E-state index contributed by atoms with van der Waals surface area (Å²) < 4.78 is 18.4. The Morgan fingerprint density at radius 3 is 2.59 bits per heavy atom. The Labute approximate surface area is 171 Å². The number of hydrogen-bond acceptors (Lipinski definition) is 5. The Kier molecular flexibility index (Phi) is 5.88. The fourth-order valence-electron chi connectivity index (χ4n) is 3.32. The van der Waals surface area contributed by atoms with Crippen molar-refractivity contribution in [1.82, 2.24) is 0 Å². The van der Waals surface area contributed by atoms with Crippen LogP contribution in [-0.2, 0) is 10.8 Å². The first-order valence-electron chi connectivity index (χ1n) is 9.29. The molecular formula is C22H23NO5S. The number of aryl methyl sites for hydroxylation is 1. The predicted octanol–water partition coefficient (Wildman–Crippen LogP) is 4.41. The molecule has 0 aliphatic carbocycles. The maximum Gasteiger partial charge on any atom is 0.337 e. The second kappa shape index (κ2) is 8.21. The average Bonchev–Trinajstić information content (AvgIpc) is 2.70. The number of carbonyl (C=O) groups is 1.